The lowest BCUT2D eigenvalue weighted by Crippen LogP contribution is -2.43. The fraction of sp³-hybridized carbons (Fsp3) is 0.688. The lowest BCUT2D eigenvalue weighted by molar-refractivity contribution is -0.170. The molecule has 0 radical (unpaired) electrons. The Kier molecular flexibility index (Phi) is 27.8. The van der Waals surface area contributed by atoms with Gasteiger partial charge in [-0.2, -0.15) is 0 Å². The third-order valence-electron chi connectivity index (χ3n) is 10.1. The molecule has 1 amide bonds. The molecule has 1 aromatic rings. The topological polar surface area (TPSA) is 48.0 Å². The summed E-state index contributed by atoms with van der Waals surface area (Å²) in [6.07, 6.45) is 47.6. The first-order valence-corrected chi connectivity index (χ1v) is 21.8. The van der Waals surface area contributed by atoms with Crippen molar-refractivity contribution < 1.29 is 19.0 Å². The third kappa shape index (κ3) is 24.4. The van der Waals surface area contributed by atoms with E-state index in [-0.39, 0.29) is 24.9 Å². The van der Waals surface area contributed by atoms with E-state index in [1.807, 2.05) is 37.3 Å². The molecule has 0 spiro atoms. The lowest BCUT2D eigenvalue weighted by Gasteiger charge is -2.28. The van der Waals surface area contributed by atoms with Crippen molar-refractivity contribution in [2.75, 3.05) is 13.6 Å². The van der Waals surface area contributed by atoms with Crippen molar-refractivity contribution in [3.05, 3.63) is 84.5 Å². The number of amides is 1. The van der Waals surface area contributed by atoms with Crippen molar-refractivity contribution in [1.29, 1.82) is 0 Å². The molecule has 1 fully saturated rings. The molecule has 5 heteroatoms. The highest BCUT2D eigenvalue weighted by Crippen LogP contribution is 2.35. The highest BCUT2D eigenvalue weighted by Gasteiger charge is 2.45. The van der Waals surface area contributed by atoms with E-state index in [2.05, 4.69) is 62.5 Å². The number of likely N-dealkylation sites (N-methyl/N-ethyl adjacent to an activating group) is 1. The SMILES string of the molecule is CCCCC/C=C/C/C=C/CCCCCCCC1OC(C)(CN(C)C(=O)OCc2ccccc2)OC1CCCCCCC/C=C/C/C=C/CCCCC. The maximum Gasteiger partial charge on any atom is 0.410 e. The lowest BCUT2D eigenvalue weighted by atomic mass is 9.99. The van der Waals surface area contributed by atoms with E-state index in [0.29, 0.717) is 6.54 Å². The number of allylic oxidation sites excluding steroid dienone is 8. The van der Waals surface area contributed by atoms with E-state index in [1.165, 1.54) is 116 Å². The summed E-state index contributed by atoms with van der Waals surface area (Å²) in [5.41, 5.74) is 0.976. The van der Waals surface area contributed by atoms with Crippen LogP contribution in [0.3, 0.4) is 0 Å². The normalized spacial score (nSPS) is 19.1. The van der Waals surface area contributed by atoms with E-state index in [1.54, 1.807) is 11.9 Å². The Balaban J connectivity index is 1.71. The van der Waals surface area contributed by atoms with Gasteiger partial charge in [0.05, 0.1) is 18.8 Å². The molecule has 2 atom stereocenters. The predicted molar refractivity (Wildman–Crippen MR) is 226 cm³/mol. The molecular formula is C48H79NO4. The Morgan fingerprint density at radius 1 is 0.623 bits per heavy atom. The molecule has 300 valence electrons. The number of nitrogens with zero attached hydrogens (tertiary/aromatic N) is 1. The molecule has 1 aromatic carbocycles. The number of ether oxygens (including phenoxy) is 3. The minimum absolute atomic E-state index is 0.0672. The molecule has 1 saturated heterocycles. The maximum absolute atomic E-state index is 12.8. The molecule has 0 aliphatic carbocycles. The average Bonchev–Trinajstić information content (AvgIpc) is 3.48. The van der Waals surface area contributed by atoms with Gasteiger partial charge in [-0.05, 0) is 89.5 Å². The van der Waals surface area contributed by atoms with E-state index < -0.39 is 5.79 Å². The monoisotopic (exact) mass is 734 g/mol. The minimum Gasteiger partial charge on any atom is -0.445 e. The van der Waals surface area contributed by atoms with Crippen LogP contribution in [0.4, 0.5) is 4.79 Å². The zero-order valence-corrected chi connectivity index (χ0v) is 34.6. The van der Waals surface area contributed by atoms with Gasteiger partial charge in [0, 0.05) is 7.05 Å². The molecule has 0 saturated carbocycles. The number of carbonyl (C=O) groups is 1. The Bertz CT molecular complexity index is 1070. The van der Waals surface area contributed by atoms with Crippen molar-refractivity contribution in [2.24, 2.45) is 0 Å². The van der Waals surface area contributed by atoms with E-state index in [4.69, 9.17) is 14.2 Å². The summed E-state index contributed by atoms with van der Waals surface area (Å²) in [7, 11) is 1.77. The third-order valence-corrected chi connectivity index (χ3v) is 10.1. The largest absolute Gasteiger partial charge is 0.445 e. The molecule has 2 rings (SSSR count). The second-order valence-corrected chi connectivity index (χ2v) is 15.4. The standard InChI is InChI=1S/C48H79NO4/c1-5-7-9-11-13-15-17-19-21-23-25-27-29-31-36-40-45-46(41-37-32-30-28-26-24-22-20-18-16-14-12-10-8-6-2)53-48(3,52-45)43-49(4)47(50)51-42-44-38-34-33-35-39-44/h13-16,19-22,33-35,38-39,45-46H,5-12,17-18,23-32,36-37,40-43H2,1-4H3/b15-13+,16-14+,21-19+,22-20+. The molecule has 0 bridgehead atoms. The number of unbranched alkanes of at least 4 members (excludes halogenated alkanes) is 16. The molecule has 2 unspecified atom stereocenters. The van der Waals surface area contributed by atoms with Crippen molar-refractivity contribution in [2.45, 2.75) is 199 Å². The summed E-state index contributed by atoms with van der Waals surface area (Å²) in [6, 6.07) is 9.80. The van der Waals surface area contributed by atoms with Gasteiger partial charge >= 0.3 is 6.09 Å². The van der Waals surface area contributed by atoms with Crippen LogP contribution in [0.2, 0.25) is 0 Å². The van der Waals surface area contributed by atoms with Crippen LogP contribution in [-0.2, 0) is 20.8 Å². The van der Waals surface area contributed by atoms with Crippen molar-refractivity contribution in [3.63, 3.8) is 0 Å². The Morgan fingerprint density at radius 3 is 1.49 bits per heavy atom. The smallest absolute Gasteiger partial charge is 0.410 e. The first-order chi connectivity index (χ1) is 26.0. The van der Waals surface area contributed by atoms with Gasteiger partial charge in [-0.1, -0.05) is 170 Å². The molecular weight excluding hydrogens is 655 g/mol. The van der Waals surface area contributed by atoms with Gasteiger partial charge < -0.3 is 19.1 Å². The molecule has 5 nitrogen and oxygen atoms in total. The number of carbonyl (C=O) groups excluding carboxylic acids is 1. The maximum atomic E-state index is 12.8. The molecule has 0 N–H and O–H groups in total. The van der Waals surface area contributed by atoms with Gasteiger partial charge in [-0.25, -0.2) is 4.79 Å². The fourth-order valence-electron chi connectivity index (χ4n) is 7.02. The summed E-state index contributed by atoms with van der Waals surface area (Å²) in [5.74, 6) is -0.829. The van der Waals surface area contributed by atoms with Crippen molar-refractivity contribution >= 4 is 6.09 Å². The van der Waals surface area contributed by atoms with Gasteiger partial charge in [0.15, 0.2) is 5.79 Å². The van der Waals surface area contributed by atoms with Gasteiger partial charge in [0.25, 0.3) is 0 Å². The summed E-state index contributed by atoms with van der Waals surface area (Å²) in [5, 5.41) is 0. The molecule has 0 aromatic heterocycles. The first-order valence-electron chi connectivity index (χ1n) is 21.8. The van der Waals surface area contributed by atoms with E-state index >= 15 is 0 Å². The Labute approximate surface area is 326 Å². The van der Waals surface area contributed by atoms with Gasteiger partial charge in [0.2, 0.25) is 0 Å². The van der Waals surface area contributed by atoms with Crippen LogP contribution in [-0.4, -0.2) is 42.6 Å². The molecule has 53 heavy (non-hydrogen) atoms. The summed E-state index contributed by atoms with van der Waals surface area (Å²) < 4.78 is 18.9. The summed E-state index contributed by atoms with van der Waals surface area (Å²) >= 11 is 0. The van der Waals surface area contributed by atoms with Gasteiger partial charge in [-0.3, -0.25) is 0 Å². The Hall–Kier alpha value is -2.63. The fourth-order valence-corrected chi connectivity index (χ4v) is 7.02. The number of hydrogen-bond acceptors (Lipinski definition) is 4. The van der Waals surface area contributed by atoms with Crippen LogP contribution in [0.5, 0.6) is 0 Å². The first kappa shape index (κ1) is 46.5. The van der Waals surface area contributed by atoms with Crippen LogP contribution in [0.1, 0.15) is 180 Å². The van der Waals surface area contributed by atoms with E-state index in [9.17, 15) is 4.79 Å². The second-order valence-electron chi connectivity index (χ2n) is 15.4. The van der Waals surface area contributed by atoms with Crippen molar-refractivity contribution in [3.8, 4) is 0 Å². The van der Waals surface area contributed by atoms with E-state index in [0.717, 1.165) is 44.1 Å². The summed E-state index contributed by atoms with van der Waals surface area (Å²) in [4.78, 5) is 14.4. The average molecular weight is 734 g/mol. The molecule has 1 heterocycles. The molecule has 1 aliphatic heterocycles. The summed E-state index contributed by atoms with van der Waals surface area (Å²) in [6.45, 7) is 7.11. The Morgan fingerprint density at radius 2 is 1.04 bits per heavy atom. The molecule has 1 aliphatic rings. The zero-order chi connectivity index (χ0) is 38.1. The number of benzene rings is 1. The van der Waals surface area contributed by atoms with Gasteiger partial charge in [-0.15, -0.1) is 0 Å². The van der Waals surface area contributed by atoms with Crippen LogP contribution in [0.15, 0.2) is 78.9 Å². The van der Waals surface area contributed by atoms with Gasteiger partial charge in [0.1, 0.15) is 6.61 Å². The van der Waals surface area contributed by atoms with Crippen molar-refractivity contribution in [1.82, 2.24) is 4.90 Å². The number of hydrogen-bond donors (Lipinski definition) is 0. The predicted octanol–water partition coefficient (Wildman–Crippen LogP) is 14.4. The minimum atomic E-state index is -0.829. The zero-order valence-electron chi connectivity index (χ0n) is 34.6. The highest BCUT2D eigenvalue weighted by atomic mass is 16.8. The van der Waals surface area contributed by atoms with Crippen LogP contribution in [0, 0.1) is 0 Å². The second kappa shape index (κ2) is 31.7. The highest BCUT2D eigenvalue weighted by molar-refractivity contribution is 5.67. The van der Waals surface area contributed by atoms with Crippen LogP contribution in [0.25, 0.3) is 0 Å². The van der Waals surface area contributed by atoms with Crippen LogP contribution >= 0.6 is 0 Å². The van der Waals surface area contributed by atoms with Crippen LogP contribution < -0.4 is 0 Å². The number of rotatable bonds is 32. The quantitative estimate of drug-likeness (QED) is 0.0546.